The fourth-order valence-electron chi connectivity index (χ4n) is 1.30. The molecule has 0 saturated heterocycles. The fourth-order valence-corrected chi connectivity index (χ4v) is 1.30. The minimum Gasteiger partial charge on any atom is -0.507 e. The summed E-state index contributed by atoms with van der Waals surface area (Å²) >= 11 is 0. The third-order valence-electron chi connectivity index (χ3n) is 2.08. The first kappa shape index (κ1) is 10.9. The first-order valence-corrected chi connectivity index (χ1v) is 4.38. The zero-order valence-corrected chi connectivity index (χ0v) is 8.21. The van der Waals surface area contributed by atoms with Gasteiger partial charge in [0.05, 0.1) is 11.7 Å². The Labute approximate surface area is 82.2 Å². The molecular weight excluding hydrogens is 185 g/mol. The predicted molar refractivity (Wildman–Crippen MR) is 51.7 cm³/mol. The second-order valence-electron chi connectivity index (χ2n) is 3.20. The van der Waals surface area contributed by atoms with E-state index in [0.717, 1.165) is 0 Å². The van der Waals surface area contributed by atoms with Gasteiger partial charge in [-0.25, -0.2) is 4.39 Å². The second-order valence-corrected chi connectivity index (χ2v) is 3.20. The summed E-state index contributed by atoms with van der Waals surface area (Å²) in [5.74, 6) is -0.761. The molecule has 0 aromatic heterocycles. The van der Waals surface area contributed by atoms with E-state index in [-0.39, 0.29) is 17.9 Å². The molecule has 1 atom stereocenters. The average Bonchev–Trinajstić information content (AvgIpc) is 2.13. The number of phenols is 1. The van der Waals surface area contributed by atoms with E-state index in [4.69, 9.17) is 0 Å². The van der Waals surface area contributed by atoms with Crippen LogP contribution in [0.4, 0.5) is 4.39 Å². The Morgan fingerprint density at radius 1 is 1.50 bits per heavy atom. The number of aryl methyl sites for hydroxylation is 1. The number of hydrogen-bond donors (Lipinski definition) is 3. The zero-order chi connectivity index (χ0) is 10.7. The lowest BCUT2D eigenvalue weighted by atomic mass is 10.0. The molecule has 0 amide bonds. The van der Waals surface area contributed by atoms with E-state index < -0.39 is 11.9 Å². The molecule has 0 fully saturated rings. The SMILES string of the molecule is CNCC(O)c1c(O)ccc(C)c1F. The maximum atomic E-state index is 13.5. The van der Waals surface area contributed by atoms with Gasteiger partial charge in [-0.05, 0) is 25.6 Å². The van der Waals surface area contributed by atoms with Gasteiger partial charge in [0.2, 0.25) is 0 Å². The number of phenolic OH excluding ortho intramolecular Hbond substituents is 1. The summed E-state index contributed by atoms with van der Waals surface area (Å²) in [7, 11) is 1.65. The lowest BCUT2D eigenvalue weighted by Gasteiger charge is -2.14. The summed E-state index contributed by atoms with van der Waals surface area (Å²) in [6.45, 7) is 1.79. The highest BCUT2D eigenvalue weighted by molar-refractivity contribution is 5.39. The Kier molecular flexibility index (Phi) is 3.43. The number of likely N-dealkylation sites (N-methyl/N-ethyl adjacent to an activating group) is 1. The Bertz CT molecular complexity index is 328. The van der Waals surface area contributed by atoms with Crippen molar-refractivity contribution >= 4 is 0 Å². The van der Waals surface area contributed by atoms with Gasteiger partial charge < -0.3 is 15.5 Å². The maximum absolute atomic E-state index is 13.5. The van der Waals surface area contributed by atoms with E-state index in [1.54, 1.807) is 14.0 Å². The molecule has 0 radical (unpaired) electrons. The van der Waals surface area contributed by atoms with Crippen LogP contribution >= 0.6 is 0 Å². The first-order chi connectivity index (χ1) is 6.57. The lowest BCUT2D eigenvalue weighted by molar-refractivity contribution is 0.168. The van der Waals surface area contributed by atoms with Crippen molar-refractivity contribution in [1.29, 1.82) is 0 Å². The van der Waals surface area contributed by atoms with Gasteiger partial charge >= 0.3 is 0 Å². The number of aromatic hydroxyl groups is 1. The molecule has 1 aromatic rings. The van der Waals surface area contributed by atoms with Crippen LogP contribution < -0.4 is 5.32 Å². The number of aliphatic hydroxyl groups is 1. The molecule has 0 aliphatic rings. The Hall–Kier alpha value is -1.13. The first-order valence-electron chi connectivity index (χ1n) is 4.38. The van der Waals surface area contributed by atoms with Gasteiger partial charge in [-0.3, -0.25) is 0 Å². The van der Waals surface area contributed by atoms with Crippen molar-refractivity contribution in [2.75, 3.05) is 13.6 Å². The van der Waals surface area contributed by atoms with Crippen LogP contribution in [0.3, 0.4) is 0 Å². The standard InChI is InChI=1S/C10H14FNO2/c1-6-3-4-7(13)9(10(6)11)8(14)5-12-2/h3-4,8,12-14H,5H2,1-2H3. The summed E-state index contributed by atoms with van der Waals surface area (Å²) in [6.07, 6.45) is -1.03. The molecule has 1 aromatic carbocycles. The zero-order valence-electron chi connectivity index (χ0n) is 8.21. The summed E-state index contributed by atoms with van der Waals surface area (Å²) in [5.41, 5.74) is 0.368. The van der Waals surface area contributed by atoms with Gasteiger partial charge in [0.15, 0.2) is 0 Å². The van der Waals surface area contributed by atoms with E-state index >= 15 is 0 Å². The van der Waals surface area contributed by atoms with E-state index in [9.17, 15) is 14.6 Å². The molecule has 78 valence electrons. The van der Waals surface area contributed by atoms with Gasteiger partial charge in [0.1, 0.15) is 11.6 Å². The number of aliphatic hydroxyl groups excluding tert-OH is 1. The van der Waals surface area contributed by atoms with E-state index in [0.29, 0.717) is 5.56 Å². The van der Waals surface area contributed by atoms with Crippen LogP contribution in [-0.4, -0.2) is 23.8 Å². The highest BCUT2D eigenvalue weighted by Gasteiger charge is 2.18. The lowest BCUT2D eigenvalue weighted by Crippen LogP contribution is -2.18. The second kappa shape index (κ2) is 4.39. The number of benzene rings is 1. The molecule has 0 aliphatic heterocycles. The van der Waals surface area contributed by atoms with Gasteiger partial charge in [-0.2, -0.15) is 0 Å². The third-order valence-corrected chi connectivity index (χ3v) is 2.08. The Balaban J connectivity index is 3.11. The van der Waals surface area contributed by atoms with Crippen molar-refractivity contribution in [3.63, 3.8) is 0 Å². The molecule has 0 saturated carbocycles. The van der Waals surface area contributed by atoms with Crippen LogP contribution in [0.2, 0.25) is 0 Å². The van der Waals surface area contributed by atoms with Gasteiger partial charge in [-0.1, -0.05) is 6.07 Å². The molecule has 1 rings (SSSR count). The number of rotatable bonds is 3. The molecule has 3 nitrogen and oxygen atoms in total. The Morgan fingerprint density at radius 2 is 2.14 bits per heavy atom. The summed E-state index contributed by atoms with van der Waals surface area (Å²) in [6, 6.07) is 2.85. The maximum Gasteiger partial charge on any atom is 0.135 e. The molecule has 0 bridgehead atoms. The van der Waals surface area contributed by atoms with Crippen LogP contribution in [0, 0.1) is 12.7 Å². The fraction of sp³-hybridized carbons (Fsp3) is 0.400. The molecule has 4 heteroatoms. The molecule has 3 N–H and O–H groups in total. The topological polar surface area (TPSA) is 52.5 Å². The van der Waals surface area contributed by atoms with E-state index in [1.807, 2.05) is 0 Å². The largest absolute Gasteiger partial charge is 0.507 e. The molecule has 1 unspecified atom stereocenters. The predicted octanol–water partition coefficient (Wildman–Crippen LogP) is 1.09. The molecule has 14 heavy (non-hydrogen) atoms. The highest BCUT2D eigenvalue weighted by Crippen LogP contribution is 2.28. The van der Waals surface area contributed by atoms with Crippen molar-refractivity contribution < 1.29 is 14.6 Å². The van der Waals surface area contributed by atoms with Crippen LogP contribution in [-0.2, 0) is 0 Å². The normalized spacial score (nSPS) is 12.9. The van der Waals surface area contributed by atoms with Crippen molar-refractivity contribution in [3.05, 3.63) is 29.1 Å². The molecular formula is C10H14FNO2. The van der Waals surface area contributed by atoms with E-state index in [2.05, 4.69) is 5.32 Å². The minimum absolute atomic E-state index is 0.0423. The average molecular weight is 199 g/mol. The number of hydrogen-bond acceptors (Lipinski definition) is 3. The summed E-state index contributed by atoms with van der Waals surface area (Å²) in [4.78, 5) is 0. The van der Waals surface area contributed by atoms with Crippen molar-refractivity contribution in [2.24, 2.45) is 0 Å². The van der Waals surface area contributed by atoms with Gasteiger partial charge in [0.25, 0.3) is 0 Å². The van der Waals surface area contributed by atoms with Crippen molar-refractivity contribution in [3.8, 4) is 5.75 Å². The van der Waals surface area contributed by atoms with Gasteiger partial charge in [-0.15, -0.1) is 0 Å². The van der Waals surface area contributed by atoms with Gasteiger partial charge in [0, 0.05) is 6.54 Å². The van der Waals surface area contributed by atoms with Crippen molar-refractivity contribution in [1.82, 2.24) is 5.32 Å². The van der Waals surface area contributed by atoms with Crippen LogP contribution in [0.1, 0.15) is 17.2 Å². The monoisotopic (exact) mass is 199 g/mol. The quantitative estimate of drug-likeness (QED) is 0.683. The van der Waals surface area contributed by atoms with E-state index in [1.165, 1.54) is 12.1 Å². The van der Waals surface area contributed by atoms with Crippen LogP contribution in [0.25, 0.3) is 0 Å². The number of nitrogens with one attached hydrogen (secondary N) is 1. The molecule has 0 aliphatic carbocycles. The third kappa shape index (κ3) is 2.02. The van der Waals surface area contributed by atoms with Crippen molar-refractivity contribution in [2.45, 2.75) is 13.0 Å². The Morgan fingerprint density at radius 3 is 2.71 bits per heavy atom. The summed E-state index contributed by atoms with van der Waals surface area (Å²) in [5, 5.41) is 21.6. The number of halogens is 1. The molecule has 0 heterocycles. The van der Waals surface area contributed by atoms with Crippen LogP contribution in [0.15, 0.2) is 12.1 Å². The molecule has 0 spiro atoms. The summed E-state index contributed by atoms with van der Waals surface area (Å²) < 4.78 is 13.5. The highest BCUT2D eigenvalue weighted by atomic mass is 19.1. The minimum atomic E-state index is -1.03. The smallest absolute Gasteiger partial charge is 0.135 e. The van der Waals surface area contributed by atoms with Crippen LogP contribution in [0.5, 0.6) is 5.75 Å².